The standard InChI is InChI=1S/C18H20O3/c1-20-17-9-5-8-16(14-17)10-11-18(19)21-13-12-15-6-3-2-4-7-15/h2-9,14H,10-13H2,1H3. The lowest BCUT2D eigenvalue weighted by atomic mass is 10.1. The van der Waals surface area contributed by atoms with Crippen LogP contribution in [0.3, 0.4) is 0 Å². The highest BCUT2D eigenvalue weighted by molar-refractivity contribution is 5.69. The van der Waals surface area contributed by atoms with E-state index < -0.39 is 0 Å². The molecule has 0 spiro atoms. The minimum atomic E-state index is -0.159. The zero-order valence-electron chi connectivity index (χ0n) is 12.2. The maximum atomic E-state index is 11.7. The Hall–Kier alpha value is -2.29. The van der Waals surface area contributed by atoms with Crippen molar-refractivity contribution < 1.29 is 14.3 Å². The van der Waals surface area contributed by atoms with E-state index in [9.17, 15) is 4.79 Å². The molecule has 0 heterocycles. The van der Waals surface area contributed by atoms with Gasteiger partial charge in [-0.3, -0.25) is 4.79 Å². The van der Waals surface area contributed by atoms with Gasteiger partial charge in [0.15, 0.2) is 0 Å². The van der Waals surface area contributed by atoms with Crippen LogP contribution in [0.1, 0.15) is 17.5 Å². The molecule has 0 saturated carbocycles. The van der Waals surface area contributed by atoms with Crippen LogP contribution < -0.4 is 4.74 Å². The zero-order chi connectivity index (χ0) is 14.9. The van der Waals surface area contributed by atoms with Crippen molar-refractivity contribution in [3.05, 3.63) is 65.7 Å². The highest BCUT2D eigenvalue weighted by Gasteiger charge is 2.04. The van der Waals surface area contributed by atoms with Crippen LogP contribution in [0.5, 0.6) is 5.75 Å². The minimum Gasteiger partial charge on any atom is -0.497 e. The number of ether oxygens (including phenoxy) is 2. The molecule has 0 fully saturated rings. The lowest BCUT2D eigenvalue weighted by Gasteiger charge is -2.06. The summed E-state index contributed by atoms with van der Waals surface area (Å²) in [6, 6.07) is 17.8. The summed E-state index contributed by atoms with van der Waals surface area (Å²) in [5, 5.41) is 0. The van der Waals surface area contributed by atoms with E-state index in [0.717, 1.165) is 17.7 Å². The van der Waals surface area contributed by atoms with Gasteiger partial charge in [-0.25, -0.2) is 0 Å². The fourth-order valence-electron chi connectivity index (χ4n) is 2.07. The van der Waals surface area contributed by atoms with Crippen LogP contribution in [-0.2, 0) is 22.4 Å². The van der Waals surface area contributed by atoms with Gasteiger partial charge in [0.1, 0.15) is 5.75 Å². The summed E-state index contributed by atoms with van der Waals surface area (Å²) in [7, 11) is 1.64. The van der Waals surface area contributed by atoms with Gasteiger partial charge in [0, 0.05) is 12.8 Å². The molecule has 0 aliphatic rings. The fourth-order valence-corrected chi connectivity index (χ4v) is 2.07. The van der Waals surface area contributed by atoms with Crippen molar-refractivity contribution in [3.8, 4) is 5.75 Å². The number of benzene rings is 2. The van der Waals surface area contributed by atoms with Crippen molar-refractivity contribution in [2.24, 2.45) is 0 Å². The molecule has 0 aromatic heterocycles. The molecule has 0 unspecified atom stereocenters. The van der Waals surface area contributed by atoms with E-state index in [-0.39, 0.29) is 5.97 Å². The first-order chi connectivity index (χ1) is 10.3. The number of carbonyl (C=O) groups is 1. The monoisotopic (exact) mass is 284 g/mol. The zero-order valence-corrected chi connectivity index (χ0v) is 12.2. The SMILES string of the molecule is COc1cccc(CCC(=O)OCCc2ccccc2)c1. The molecule has 0 amide bonds. The van der Waals surface area contributed by atoms with E-state index in [4.69, 9.17) is 9.47 Å². The molecule has 2 rings (SSSR count). The smallest absolute Gasteiger partial charge is 0.306 e. The molecule has 2 aromatic carbocycles. The molecule has 0 aliphatic heterocycles. The molecule has 110 valence electrons. The summed E-state index contributed by atoms with van der Waals surface area (Å²) >= 11 is 0. The van der Waals surface area contributed by atoms with Gasteiger partial charge < -0.3 is 9.47 Å². The first kappa shape index (κ1) is 15.1. The third-order valence-electron chi connectivity index (χ3n) is 3.25. The first-order valence-corrected chi connectivity index (χ1v) is 7.10. The van der Waals surface area contributed by atoms with E-state index >= 15 is 0 Å². The van der Waals surface area contributed by atoms with Crippen molar-refractivity contribution in [1.82, 2.24) is 0 Å². The van der Waals surface area contributed by atoms with Crippen LogP contribution in [-0.4, -0.2) is 19.7 Å². The lowest BCUT2D eigenvalue weighted by molar-refractivity contribution is -0.143. The second-order valence-corrected chi connectivity index (χ2v) is 4.81. The van der Waals surface area contributed by atoms with Crippen LogP contribution in [0.15, 0.2) is 54.6 Å². The Morgan fingerprint density at radius 1 is 0.952 bits per heavy atom. The number of carbonyl (C=O) groups excluding carboxylic acids is 1. The van der Waals surface area contributed by atoms with Gasteiger partial charge in [0.2, 0.25) is 0 Å². The Kier molecular flexibility index (Phi) is 5.83. The molecule has 0 N–H and O–H groups in total. The summed E-state index contributed by atoms with van der Waals surface area (Å²) < 4.78 is 10.4. The number of rotatable bonds is 7. The maximum Gasteiger partial charge on any atom is 0.306 e. The molecule has 21 heavy (non-hydrogen) atoms. The maximum absolute atomic E-state index is 11.7. The quantitative estimate of drug-likeness (QED) is 0.731. The molecule has 0 saturated heterocycles. The van der Waals surface area contributed by atoms with Crippen LogP contribution in [0.2, 0.25) is 0 Å². The van der Waals surface area contributed by atoms with Gasteiger partial charge in [0.05, 0.1) is 13.7 Å². The van der Waals surface area contributed by atoms with E-state index in [1.54, 1.807) is 7.11 Å². The first-order valence-electron chi connectivity index (χ1n) is 7.10. The lowest BCUT2D eigenvalue weighted by Crippen LogP contribution is -2.08. The molecular formula is C18H20O3. The number of methoxy groups -OCH3 is 1. The Morgan fingerprint density at radius 2 is 1.71 bits per heavy atom. The molecule has 0 radical (unpaired) electrons. The highest BCUT2D eigenvalue weighted by Crippen LogP contribution is 2.14. The fraction of sp³-hybridized carbons (Fsp3) is 0.278. The Balaban J connectivity index is 1.70. The van der Waals surface area contributed by atoms with Crippen molar-refractivity contribution >= 4 is 5.97 Å². The van der Waals surface area contributed by atoms with Gasteiger partial charge in [-0.15, -0.1) is 0 Å². The van der Waals surface area contributed by atoms with Gasteiger partial charge in [-0.05, 0) is 29.7 Å². The summed E-state index contributed by atoms with van der Waals surface area (Å²) in [4.78, 5) is 11.7. The van der Waals surface area contributed by atoms with Crippen molar-refractivity contribution in [1.29, 1.82) is 0 Å². The normalized spacial score (nSPS) is 10.1. The average molecular weight is 284 g/mol. The molecule has 3 nitrogen and oxygen atoms in total. The molecule has 2 aromatic rings. The van der Waals surface area contributed by atoms with Gasteiger partial charge in [-0.1, -0.05) is 42.5 Å². The van der Waals surface area contributed by atoms with Crippen LogP contribution >= 0.6 is 0 Å². The van der Waals surface area contributed by atoms with Gasteiger partial charge in [-0.2, -0.15) is 0 Å². The second kappa shape index (κ2) is 8.10. The number of hydrogen-bond acceptors (Lipinski definition) is 3. The van der Waals surface area contributed by atoms with Crippen molar-refractivity contribution in [2.45, 2.75) is 19.3 Å². The van der Waals surface area contributed by atoms with E-state index in [0.29, 0.717) is 19.4 Å². The van der Waals surface area contributed by atoms with Crippen molar-refractivity contribution in [2.75, 3.05) is 13.7 Å². The number of hydrogen-bond donors (Lipinski definition) is 0. The summed E-state index contributed by atoms with van der Waals surface area (Å²) in [5.74, 6) is 0.652. The van der Waals surface area contributed by atoms with Crippen LogP contribution in [0.4, 0.5) is 0 Å². The summed E-state index contributed by atoms with van der Waals surface area (Å²) in [6.45, 7) is 0.432. The van der Waals surface area contributed by atoms with Gasteiger partial charge in [0.25, 0.3) is 0 Å². The number of aryl methyl sites for hydroxylation is 1. The molecule has 0 atom stereocenters. The van der Waals surface area contributed by atoms with Crippen LogP contribution in [0, 0.1) is 0 Å². The molecule has 3 heteroatoms. The van der Waals surface area contributed by atoms with Crippen LogP contribution in [0.25, 0.3) is 0 Å². The molecular weight excluding hydrogens is 264 g/mol. The Labute approximate surface area is 125 Å². The van der Waals surface area contributed by atoms with E-state index in [1.807, 2.05) is 54.6 Å². The third-order valence-corrected chi connectivity index (χ3v) is 3.25. The minimum absolute atomic E-state index is 0.159. The molecule has 0 bridgehead atoms. The Morgan fingerprint density at radius 3 is 2.48 bits per heavy atom. The highest BCUT2D eigenvalue weighted by atomic mass is 16.5. The topological polar surface area (TPSA) is 35.5 Å². The summed E-state index contributed by atoms with van der Waals surface area (Å²) in [6.07, 6.45) is 1.81. The van der Waals surface area contributed by atoms with E-state index in [2.05, 4.69) is 0 Å². The average Bonchev–Trinajstić information content (AvgIpc) is 2.54. The predicted molar refractivity (Wildman–Crippen MR) is 82.4 cm³/mol. The Bertz CT molecular complexity index is 564. The van der Waals surface area contributed by atoms with E-state index in [1.165, 1.54) is 5.56 Å². The van der Waals surface area contributed by atoms with Crippen molar-refractivity contribution in [3.63, 3.8) is 0 Å². The molecule has 0 aliphatic carbocycles. The second-order valence-electron chi connectivity index (χ2n) is 4.81. The van der Waals surface area contributed by atoms with Gasteiger partial charge >= 0.3 is 5.97 Å². The third kappa shape index (κ3) is 5.30. The number of esters is 1. The largest absolute Gasteiger partial charge is 0.497 e. The summed E-state index contributed by atoms with van der Waals surface area (Å²) in [5.41, 5.74) is 2.26. The predicted octanol–water partition coefficient (Wildman–Crippen LogP) is 3.41.